The summed E-state index contributed by atoms with van der Waals surface area (Å²) in [5.41, 5.74) is 2.02. The van der Waals surface area contributed by atoms with Gasteiger partial charge < -0.3 is 14.7 Å². The van der Waals surface area contributed by atoms with Crippen LogP contribution in [0.5, 0.6) is 0 Å². The molecule has 1 heterocycles. The van der Waals surface area contributed by atoms with Crippen LogP contribution in [-0.4, -0.2) is 36.2 Å². The van der Waals surface area contributed by atoms with Crippen molar-refractivity contribution in [1.29, 1.82) is 0 Å². The number of carbonyl (C=O) groups excluding carboxylic acids is 1. The molecule has 0 aromatic heterocycles. The van der Waals surface area contributed by atoms with Gasteiger partial charge >= 0.3 is 5.97 Å². The van der Waals surface area contributed by atoms with Crippen LogP contribution in [-0.2, 0) is 20.7 Å². The lowest BCUT2D eigenvalue weighted by Gasteiger charge is -2.35. The van der Waals surface area contributed by atoms with Crippen molar-refractivity contribution < 1.29 is 19.4 Å². The monoisotopic (exact) mass is 305 g/mol. The number of carboxylic acid groups (broad SMARTS) is 1. The van der Waals surface area contributed by atoms with Gasteiger partial charge in [-0.1, -0.05) is 18.2 Å². The lowest BCUT2D eigenvalue weighted by molar-refractivity contribution is -0.137. The number of rotatable bonds is 6. The molecule has 5 nitrogen and oxygen atoms in total. The number of nitrogens with zero attached hydrogens (tertiary/aromatic N) is 1. The van der Waals surface area contributed by atoms with E-state index in [0.29, 0.717) is 19.6 Å². The molecule has 2 unspecified atom stereocenters. The van der Waals surface area contributed by atoms with E-state index in [0.717, 1.165) is 17.7 Å². The van der Waals surface area contributed by atoms with E-state index < -0.39 is 12.1 Å². The Morgan fingerprint density at radius 2 is 2.14 bits per heavy atom. The minimum Gasteiger partial charge on any atom is -0.481 e. The van der Waals surface area contributed by atoms with Crippen molar-refractivity contribution in [1.82, 2.24) is 0 Å². The lowest BCUT2D eigenvalue weighted by Crippen LogP contribution is -2.45. The number of benzene rings is 1. The summed E-state index contributed by atoms with van der Waals surface area (Å²) in [7, 11) is 0. The zero-order valence-corrected chi connectivity index (χ0v) is 13.1. The van der Waals surface area contributed by atoms with Gasteiger partial charge in [0, 0.05) is 25.3 Å². The third-order valence-electron chi connectivity index (χ3n) is 4.03. The average Bonchev–Trinajstić information content (AvgIpc) is 2.51. The van der Waals surface area contributed by atoms with Crippen LogP contribution in [0.25, 0.3) is 0 Å². The topological polar surface area (TPSA) is 66.8 Å². The molecule has 2 atom stereocenters. The Balaban J connectivity index is 2.19. The van der Waals surface area contributed by atoms with E-state index in [1.807, 2.05) is 31.2 Å². The number of fused-ring (bicyclic) bond motifs is 1. The smallest absolute Gasteiger partial charge is 0.303 e. The van der Waals surface area contributed by atoms with Crippen molar-refractivity contribution >= 4 is 17.6 Å². The molecule has 1 aliphatic rings. The summed E-state index contributed by atoms with van der Waals surface area (Å²) in [5.74, 6) is -0.683. The second kappa shape index (κ2) is 7.40. The number of para-hydroxylation sites is 1. The summed E-state index contributed by atoms with van der Waals surface area (Å²) >= 11 is 0. The Morgan fingerprint density at radius 3 is 2.82 bits per heavy atom. The summed E-state index contributed by atoms with van der Waals surface area (Å²) in [6.07, 6.45) is 1.04. The highest BCUT2D eigenvalue weighted by Gasteiger charge is 2.31. The molecule has 1 amide bonds. The van der Waals surface area contributed by atoms with E-state index in [4.69, 9.17) is 9.84 Å². The maximum absolute atomic E-state index is 12.6. The van der Waals surface area contributed by atoms with Gasteiger partial charge in [0.2, 0.25) is 0 Å². The zero-order chi connectivity index (χ0) is 16.1. The van der Waals surface area contributed by atoms with Crippen molar-refractivity contribution in [3.05, 3.63) is 29.8 Å². The number of ether oxygens (including phenoxy) is 1. The highest BCUT2D eigenvalue weighted by molar-refractivity contribution is 5.97. The highest BCUT2D eigenvalue weighted by Crippen LogP contribution is 2.32. The molecule has 22 heavy (non-hydrogen) atoms. The number of amides is 1. The Kier molecular flexibility index (Phi) is 5.55. The molecule has 1 aromatic rings. The van der Waals surface area contributed by atoms with Gasteiger partial charge in [-0.15, -0.1) is 0 Å². The summed E-state index contributed by atoms with van der Waals surface area (Å²) < 4.78 is 5.42. The summed E-state index contributed by atoms with van der Waals surface area (Å²) in [6.45, 7) is 4.67. The maximum atomic E-state index is 12.6. The van der Waals surface area contributed by atoms with Gasteiger partial charge in [-0.2, -0.15) is 0 Å². The molecule has 5 heteroatoms. The predicted octanol–water partition coefficient (Wildman–Crippen LogP) is 2.48. The fraction of sp³-hybridized carbons (Fsp3) is 0.529. The van der Waals surface area contributed by atoms with Crippen molar-refractivity contribution in [2.75, 3.05) is 18.1 Å². The highest BCUT2D eigenvalue weighted by atomic mass is 16.5. The predicted molar refractivity (Wildman–Crippen MR) is 83.9 cm³/mol. The van der Waals surface area contributed by atoms with Gasteiger partial charge in [-0.25, -0.2) is 0 Å². The molecular weight excluding hydrogens is 282 g/mol. The van der Waals surface area contributed by atoms with Gasteiger partial charge in [0.15, 0.2) is 0 Å². The molecule has 0 radical (unpaired) electrons. The molecule has 0 bridgehead atoms. The minimum atomic E-state index is -0.792. The van der Waals surface area contributed by atoms with Crippen LogP contribution in [0, 0.1) is 5.92 Å². The Bertz CT molecular complexity index is 543. The van der Waals surface area contributed by atoms with Gasteiger partial charge in [0.05, 0.1) is 0 Å². The van der Waals surface area contributed by atoms with Gasteiger partial charge in [0.1, 0.15) is 6.10 Å². The average molecular weight is 305 g/mol. The van der Waals surface area contributed by atoms with E-state index in [9.17, 15) is 9.59 Å². The summed E-state index contributed by atoms with van der Waals surface area (Å²) in [5, 5.41) is 8.87. The summed E-state index contributed by atoms with van der Waals surface area (Å²) in [4.78, 5) is 25.2. The molecule has 0 saturated carbocycles. The van der Waals surface area contributed by atoms with Gasteiger partial charge in [-0.05, 0) is 44.2 Å². The first-order chi connectivity index (χ1) is 10.5. The zero-order valence-electron chi connectivity index (χ0n) is 13.1. The molecule has 1 aliphatic heterocycles. The van der Waals surface area contributed by atoms with Gasteiger partial charge in [-0.3, -0.25) is 9.59 Å². The molecule has 0 aliphatic carbocycles. The Hall–Kier alpha value is -1.88. The molecule has 0 saturated heterocycles. The van der Waals surface area contributed by atoms with E-state index in [1.54, 1.807) is 11.8 Å². The quantitative estimate of drug-likeness (QED) is 0.877. The fourth-order valence-corrected chi connectivity index (χ4v) is 2.95. The third-order valence-corrected chi connectivity index (χ3v) is 4.03. The van der Waals surface area contributed by atoms with E-state index in [1.165, 1.54) is 0 Å². The number of anilines is 1. The van der Waals surface area contributed by atoms with Crippen molar-refractivity contribution in [3.8, 4) is 0 Å². The van der Waals surface area contributed by atoms with Crippen LogP contribution in [0.4, 0.5) is 5.69 Å². The largest absolute Gasteiger partial charge is 0.481 e. The third kappa shape index (κ3) is 3.85. The van der Waals surface area contributed by atoms with E-state index >= 15 is 0 Å². The maximum Gasteiger partial charge on any atom is 0.303 e. The first-order valence-electron chi connectivity index (χ1n) is 7.75. The second-order valence-corrected chi connectivity index (χ2v) is 5.68. The minimum absolute atomic E-state index is 0.0608. The fourth-order valence-electron chi connectivity index (χ4n) is 2.95. The SMILES string of the molecule is CCOC(C)C(=O)N1CC(CCC(=O)O)Cc2ccccc21. The molecule has 1 N–H and O–H groups in total. The van der Waals surface area contributed by atoms with Crippen LogP contribution >= 0.6 is 0 Å². The van der Waals surface area contributed by atoms with Gasteiger partial charge in [0.25, 0.3) is 5.91 Å². The number of carboxylic acids is 1. The molecule has 1 aromatic carbocycles. The Morgan fingerprint density at radius 1 is 1.41 bits per heavy atom. The standard InChI is InChI=1S/C17H23NO4/c1-3-22-12(2)17(21)18-11-13(8-9-16(19)20)10-14-6-4-5-7-15(14)18/h4-7,12-13H,3,8-11H2,1-2H3,(H,19,20). The van der Waals surface area contributed by atoms with Crippen LogP contribution < -0.4 is 4.90 Å². The van der Waals surface area contributed by atoms with Crippen LogP contribution in [0.3, 0.4) is 0 Å². The van der Waals surface area contributed by atoms with Crippen molar-refractivity contribution in [2.24, 2.45) is 5.92 Å². The van der Waals surface area contributed by atoms with Crippen LogP contribution in [0.1, 0.15) is 32.3 Å². The summed E-state index contributed by atoms with van der Waals surface area (Å²) in [6, 6.07) is 7.82. The molecule has 2 rings (SSSR count). The van der Waals surface area contributed by atoms with Crippen LogP contribution in [0.15, 0.2) is 24.3 Å². The lowest BCUT2D eigenvalue weighted by atomic mass is 9.89. The van der Waals surface area contributed by atoms with E-state index in [-0.39, 0.29) is 18.2 Å². The van der Waals surface area contributed by atoms with E-state index in [2.05, 4.69) is 0 Å². The Labute approximate surface area is 130 Å². The molecule has 0 fully saturated rings. The number of carbonyl (C=O) groups is 2. The molecular formula is C17H23NO4. The van der Waals surface area contributed by atoms with Crippen molar-refractivity contribution in [3.63, 3.8) is 0 Å². The molecule has 120 valence electrons. The second-order valence-electron chi connectivity index (χ2n) is 5.68. The number of hydrogen-bond acceptors (Lipinski definition) is 3. The number of aliphatic carboxylic acids is 1. The first-order valence-corrected chi connectivity index (χ1v) is 7.75. The van der Waals surface area contributed by atoms with Crippen LogP contribution in [0.2, 0.25) is 0 Å². The number of hydrogen-bond donors (Lipinski definition) is 1. The van der Waals surface area contributed by atoms with Crippen molar-refractivity contribution in [2.45, 2.75) is 39.2 Å². The first kappa shape index (κ1) is 16.5. The normalized spacial score (nSPS) is 18.6. The molecule has 0 spiro atoms.